The lowest BCUT2D eigenvalue weighted by molar-refractivity contribution is -0.147. The van der Waals surface area contributed by atoms with Crippen LogP contribution in [0.25, 0.3) is 0 Å². The minimum atomic E-state index is -0.705. The van der Waals surface area contributed by atoms with Crippen molar-refractivity contribution >= 4 is 29.5 Å². The van der Waals surface area contributed by atoms with E-state index in [1.807, 2.05) is 23.6 Å². The Hall–Kier alpha value is -1.80. The van der Waals surface area contributed by atoms with Crippen LogP contribution >= 0.6 is 11.8 Å². The quantitative estimate of drug-likeness (QED) is 0.344. The molecule has 1 N–H and O–H groups in total. The van der Waals surface area contributed by atoms with E-state index in [-0.39, 0.29) is 41.5 Å². The SMILES string of the molecule is C=CCN(CCC)C(=O)[C@@H]1[C@@H]2CC(C)C3(S2)C(C(=O)N(CC=C)C(C)CCC)N([C@@H](CC)CO)C(=O)[C@H]13. The van der Waals surface area contributed by atoms with Gasteiger partial charge in [-0.3, -0.25) is 14.4 Å². The number of amides is 3. The monoisotopic (exact) mass is 533 g/mol. The molecule has 0 aromatic carbocycles. The minimum absolute atomic E-state index is 0.00100. The van der Waals surface area contributed by atoms with Crippen molar-refractivity contribution < 1.29 is 19.5 Å². The van der Waals surface area contributed by atoms with E-state index in [2.05, 4.69) is 33.9 Å². The molecule has 4 unspecified atom stereocenters. The number of rotatable bonds is 14. The van der Waals surface area contributed by atoms with Crippen molar-refractivity contribution in [3.63, 3.8) is 0 Å². The maximum Gasteiger partial charge on any atom is 0.247 e. The predicted octanol–water partition coefficient (Wildman–Crippen LogP) is 3.72. The fourth-order valence-electron chi connectivity index (χ4n) is 7.11. The lowest BCUT2D eigenvalue weighted by atomic mass is 9.65. The molecule has 0 aromatic rings. The highest BCUT2D eigenvalue weighted by atomic mass is 32.2. The lowest BCUT2D eigenvalue weighted by Gasteiger charge is -2.43. The maximum absolute atomic E-state index is 14.5. The summed E-state index contributed by atoms with van der Waals surface area (Å²) in [7, 11) is 0. The number of hydrogen-bond acceptors (Lipinski definition) is 5. The van der Waals surface area contributed by atoms with Gasteiger partial charge in [-0.2, -0.15) is 0 Å². The first-order valence-electron chi connectivity index (χ1n) is 14.1. The molecule has 3 heterocycles. The number of likely N-dealkylation sites (tertiary alicyclic amines) is 1. The Morgan fingerprint density at radius 2 is 1.86 bits per heavy atom. The first kappa shape index (κ1) is 29.8. The number of thioether (sulfide) groups is 1. The van der Waals surface area contributed by atoms with E-state index in [1.165, 1.54) is 0 Å². The largest absolute Gasteiger partial charge is 0.394 e. The summed E-state index contributed by atoms with van der Waals surface area (Å²) >= 11 is 1.70. The molecule has 8 atom stereocenters. The van der Waals surface area contributed by atoms with Crippen molar-refractivity contribution in [1.29, 1.82) is 0 Å². The number of hydrogen-bond donors (Lipinski definition) is 1. The average Bonchev–Trinajstić information content (AvgIpc) is 3.46. The molecule has 3 rings (SSSR count). The van der Waals surface area contributed by atoms with Crippen LogP contribution in [-0.4, -0.2) is 91.9 Å². The van der Waals surface area contributed by atoms with Crippen molar-refractivity contribution in [3.05, 3.63) is 25.3 Å². The number of carbonyl (C=O) groups is 3. The van der Waals surface area contributed by atoms with Crippen LogP contribution in [-0.2, 0) is 14.4 Å². The van der Waals surface area contributed by atoms with Crippen molar-refractivity contribution in [2.75, 3.05) is 26.2 Å². The van der Waals surface area contributed by atoms with Crippen LogP contribution in [0.15, 0.2) is 25.3 Å². The molecule has 1 spiro atoms. The van der Waals surface area contributed by atoms with Gasteiger partial charge in [0.2, 0.25) is 17.7 Å². The Kier molecular flexibility index (Phi) is 9.95. The zero-order chi connectivity index (χ0) is 27.5. The Labute approximate surface area is 227 Å². The number of nitrogens with zero attached hydrogens (tertiary/aromatic N) is 3. The van der Waals surface area contributed by atoms with Crippen LogP contribution in [0.3, 0.4) is 0 Å². The molecule has 2 bridgehead atoms. The van der Waals surface area contributed by atoms with Gasteiger partial charge in [-0.05, 0) is 38.5 Å². The van der Waals surface area contributed by atoms with E-state index < -0.39 is 28.7 Å². The number of aliphatic hydroxyl groups excluding tert-OH is 1. The Morgan fingerprint density at radius 1 is 1.19 bits per heavy atom. The van der Waals surface area contributed by atoms with E-state index in [0.717, 1.165) is 25.7 Å². The average molecular weight is 534 g/mol. The van der Waals surface area contributed by atoms with Crippen LogP contribution in [0.1, 0.15) is 66.7 Å². The van der Waals surface area contributed by atoms with Gasteiger partial charge in [0, 0.05) is 30.9 Å². The standard InChI is InChI=1S/C29H47N3O4S/c1-8-13-20(7)31(16-11-4)28(36)25-29-19(6)17-22(37-29)23(26(34)30(14-9-2)15-10-3)24(29)27(35)32(25)21(12-5)18-33/h9,11,19-25,33H,2,4,8,10,12-18H2,1,3,5-7H3/t19?,20?,21-,22-,23+,24-,25?,29?/m0/s1. The Bertz CT molecular complexity index is 877. The normalized spacial score (nSPS) is 31.7. The van der Waals surface area contributed by atoms with Gasteiger partial charge < -0.3 is 19.8 Å². The molecular formula is C29H47N3O4S. The van der Waals surface area contributed by atoms with Gasteiger partial charge >= 0.3 is 0 Å². The van der Waals surface area contributed by atoms with Gasteiger partial charge in [-0.15, -0.1) is 24.9 Å². The summed E-state index contributed by atoms with van der Waals surface area (Å²) in [5, 5.41) is 10.3. The van der Waals surface area contributed by atoms with Crippen molar-refractivity contribution in [2.45, 2.75) is 94.8 Å². The molecule has 0 saturated carbocycles. The molecule has 7 nitrogen and oxygen atoms in total. The van der Waals surface area contributed by atoms with Crippen molar-refractivity contribution in [2.24, 2.45) is 17.8 Å². The first-order valence-corrected chi connectivity index (χ1v) is 15.0. The van der Waals surface area contributed by atoms with Gasteiger partial charge in [0.15, 0.2) is 0 Å². The summed E-state index contributed by atoms with van der Waals surface area (Å²) in [5.74, 6) is -1.15. The van der Waals surface area contributed by atoms with E-state index in [0.29, 0.717) is 26.1 Å². The van der Waals surface area contributed by atoms with Crippen LogP contribution < -0.4 is 0 Å². The summed E-state index contributed by atoms with van der Waals surface area (Å²) in [6.07, 6.45) is 7.45. The highest BCUT2D eigenvalue weighted by molar-refractivity contribution is 8.02. The third kappa shape index (κ3) is 4.88. The van der Waals surface area contributed by atoms with Crippen molar-refractivity contribution in [3.8, 4) is 0 Å². The second-order valence-corrected chi connectivity index (χ2v) is 12.6. The van der Waals surface area contributed by atoms with Gasteiger partial charge in [-0.1, -0.05) is 46.3 Å². The molecule has 3 fully saturated rings. The third-order valence-corrected chi connectivity index (χ3v) is 10.9. The zero-order valence-corrected chi connectivity index (χ0v) is 24.2. The fourth-order valence-corrected chi connectivity index (χ4v) is 9.51. The van der Waals surface area contributed by atoms with Gasteiger partial charge in [0.1, 0.15) is 6.04 Å². The molecular weight excluding hydrogens is 486 g/mol. The lowest BCUT2D eigenvalue weighted by Crippen LogP contribution is -2.60. The molecule has 208 valence electrons. The van der Waals surface area contributed by atoms with Gasteiger partial charge in [0.25, 0.3) is 0 Å². The van der Waals surface area contributed by atoms with Crippen molar-refractivity contribution in [1.82, 2.24) is 14.7 Å². The van der Waals surface area contributed by atoms with Crippen LogP contribution in [0, 0.1) is 17.8 Å². The number of fused-ring (bicyclic) bond motifs is 1. The molecule has 0 radical (unpaired) electrons. The molecule has 3 aliphatic rings. The summed E-state index contributed by atoms with van der Waals surface area (Å²) in [6, 6.07) is -1.17. The van der Waals surface area contributed by atoms with Gasteiger partial charge in [-0.25, -0.2) is 0 Å². The molecule has 8 heteroatoms. The molecule has 3 saturated heterocycles. The third-order valence-electron chi connectivity index (χ3n) is 8.78. The smallest absolute Gasteiger partial charge is 0.247 e. The molecule has 3 aliphatic heterocycles. The Balaban J connectivity index is 2.13. The molecule has 0 aliphatic carbocycles. The summed E-state index contributed by atoms with van der Waals surface area (Å²) in [6.45, 7) is 19.3. The summed E-state index contributed by atoms with van der Waals surface area (Å²) in [5.41, 5.74) is 0. The minimum Gasteiger partial charge on any atom is -0.394 e. The topological polar surface area (TPSA) is 81.2 Å². The summed E-state index contributed by atoms with van der Waals surface area (Å²) < 4.78 is -0.681. The van der Waals surface area contributed by atoms with Crippen LogP contribution in [0.2, 0.25) is 0 Å². The maximum atomic E-state index is 14.5. The predicted molar refractivity (Wildman–Crippen MR) is 150 cm³/mol. The highest BCUT2D eigenvalue weighted by Crippen LogP contribution is 2.69. The van der Waals surface area contributed by atoms with E-state index in [9.17, 15) is 19.5 Å². The molecule has 0 aromatic heterocycles. The van der Waals surface area contributed by atoms with E-state index >= 15 is 0 Å². The van der Waals surface area contributed by atoms with Crippen LogP contribution in [0.5, 0.6) is 0 Å². The second kappa shape index (κ2) is 12.4. The fraction of sp³-hybridized carbons (Fsp3) is 0.759. The highest BCUT2D eigenvalue weighted by Gasteiger charge is 2.77. The number of carbonyl (C=O) groups excluding carboxylic acids is 3. The Morgan fingerprint density at radius 3 is 2.41 bits per heavy atom. The van der Waals surface area contributed by atoms with E-state index in [4.69, 9.17) is 0 Å². The number of aliphatic hydroxyl groups is 1. The van der Waals surface area contributed by atoms with Crippen LogP contribution in [0.4, 0.5) is 0 Å². The van der Waals surface area contributed by atoms with Gasteiger partial charge in [0.05, 0.1) is 29.2 Å². The summed E-state index contributed by atoms with van der Waals surface area (Å²) in [4.78, 5) is 48.2. The zero-order valence-electron chi connectivity index (χ0n) is 23.4. The first-order chi connectivity index (χ1) is 17.7. The van der Waals surface area contributed by atoms with E-state index in [1.54, 1.807) is 28.8 Å². The second-order valence-electron chi connectivity index (χ2n) is 11.0. The molecule has 37 heavy (non-hydrogen) atoms. The molecule has 3 amide bonds.